The Hall–Kier alpha value is -3.65. The number of halogens is 1. The van der Waals surface area contributed by atoms with Gasteiger partial charge in [0.05, 0.1) is 18.4 Å². The second kappa shape index (κ2) is 10.5. The van der Waals surface area contributed by atoms with Crippen molar-refractivity contribution in [3.63, 3.8) is 0 Å². The van der Waals surface area contributed by atoms with Crippen LogP contribution >= 0.6 is 11.8 Å². The molecular formula is C26H25FN4O2S. The number of ether oxygens (including phenoxy) is 1. The molecule has 8 heteroatoms. The minimum atomic E-state index is -0.381. The maximum atomic E-state index is 14.6. The second-order valence-corrected chi connectivity index (χ2v) is 8.79. The Morgan fingerprint density at radius 1 is 1.06 bits per heavy atom. The number of methoxy groups -OCH3 is 1. The van der Waals surface area contributed by atoms with E-state index < -0.39 is 0 Å². The average molecular weight is 477 g/mol. The number of aryl methyl sites for hydroxylation is 1. The molecule has 1 heterocycles. The Kier molecular flexibility index (Phi) is 7.27. The van der Waals surface area contributed by atoms with Gasteiger partial charge in [-0.25, -0.2) is 4.39 Å². The van der Waals surface area contributed by atoms with Crippen molar-refractivity contribution in [3.8, 4) is 22.8 Å². The number of amides is 1. The first kappa shape index (κ1) is 23.5. The lowest BCUT2D eigenvalue weighted by Crippen LogP contribution is -2.27. The van der Waals surface area contributed by atoms with E-state index in [1.165, 1.54) is 17.8 Å². The standard InChI is InChI=1S/C26H25FN4O2S/c1-18-11-13-20(14-12-18)31-25(22-9-4-5-10-23(22)27)28-29-26(31)34-17-24(32)30(2)16-19-7-6-8-21(15-19)33-3/h4-15H,16-17H2,1-3H3. The lowest BCUT2D eigenvalue weighted by Gasteiger charge is -2.17. The molecule has 0 fully saturated rings. The zero-order chi connectivity index (χ0) is 24.1. The summed E-state index contributed by atoms with van der Waals surface area (Å²) in [7, 11) is 3.38. The monoisotopic (exact) mass is 476 g/mol. The number of nitrogens with zero attached hydrogens (tertiary/aromatic N) is 4. The van der Waals surface area contributed by atoms with Crippen LogP contribution in [0.3, 0.4) is 0 Å². The van der Waals surface area contributed by atoms with Crippen LogP contribution in [0.2, 0.25) is 0 Å². The van der Waals surface area contributed by atoms with Crippen LogP contribution in [0, 0.1) is 12.7 Å². The maximum absolute atomic E-state index is 14.6. The predicted octanol–water partition coefficient (Wildman–Crippen LogP) is 5.14. The van der Waals surface area contributed by atoms with Crippen molar-refractivity contribution in [2.24, 2.45) is 0 Å². The summed E-state index contributed by atoms with van der Waals surface area (Å²) in [5, 5.41) is 9.08. The quantitative estimate of drug-likeness (QED) is 0.330. The van der Waals surface area contributed by atoms with Crippen molar-refractivity contribution in [2.75, 3.05) is 19.9 Å². The van der Waals surface area contributed by atoms with Crippen molar-refractivity contribution in [1.82, 2.24) is 19.7 Å². The van der Waals surface area contributed by atoms with Crippen molar-refractivity contribution < 1.29 is 13.9 Å². The molecule has 1 aromatic heterocycles. The smallest absolute Gasteiger partial charge is 0.233 e. The van der Waals surface area contributed by atoms with E-state index >= 15 is 0 Å². The van der Waals surface area contributed by atoms with E-state index in [1.54, 1.807) is 41.8 Å². The normalized spacial score (nSPS) is 10.8. The summed E-state index contributed by atoms with van der Waals surface area (Å²) in [6.07, 6.45) is 0. The molecule has 0 saturated carbocycles. The SMILES string of the molecule is COc1cccc(CN(C)C(=O)CSc2nnc(-c3ccccc3F)n2-c2ccc(C)cc2)c1. The predicted molar refractivity (Wildman–Crippen MR) is 132 cm³/mol. The van der Waals surface area contributed by atoms with Crippen molar-refractivity contribution in [1.29, 1.82) is 0 Å². The highest BCUT2D eigenvalue weighted by atomic mass is 32.2. The molecule has 4 aromatic rings. The van der Waals surface area contributed by atoms with Crippen LogP contribution in [-0.4, -0.2) is 45.5 Å². The number of thioether (sulfide) groups is 1. The van der Waals surface area contributed by atoms with Gasteiger partial charge in [-0.3, -0.25) is 9.36 Å². The molecule has 0 aliphatic heterocycles. The zero-order valence-electron chi connectivity index (χ0n) is 19.2. The van der Waals surface area contributed by atoms with Gasteiger partial charge in [-0.15, -0.1) is 10.2 Å². The maximum Gasteiger partial charge on any atom is 0.233 e. The molecule has 0 spiro atoms. The summed E-state index contributed by atoms with van der Waals surface area (Å²) in [4.78, 5) is 14.5. The van der Waals surface area contributed by atoms with Gasteiger partial charge >= 0.3 is 0 Å². The lowest BCUT2D eigenvalue weighted by molar-refractivity contribution is -0.127. The third-order valence-electron chi connectivity index (χ3n) is 5.34. The first-order chi connectivity index (χ1) is 16.5. The molecule has 1 amide bonds. The number of hydrogen-bond acceptors (Lipinski definition) is 5. The van der Waals surface area contributed by atoms with Gasteiger partial charge in [-0.2, -0.15) is 0 Å². The van der Waals surface area contributed by atoms with Gasteiger partial charge in [0.2, 0.25) is 5.91 Å². The fraction of sp³-hybridized carbons (Fsp3) is 0.192. The molecule has 0 unspecified atom stereocenters. The van der Waals surface area contributed by atoms with Gasteiger partial charge < -0.3 is 9.64 Å². The Bertz CT molecular complexity index is 1290. The molecule has 0 aliphatic rings. The van der Waals surface area contributed by atoms with Crippen molar-refractivity contribution in [3.05, 3.63) is 89.7 Å². The third-order valence-corrected chi connectivity index (χ3v) is 6.26. The first-order valence-electron chi connectivity index (χ1n) is 10.7. The molecule has 34 heavy (non-hydrogen) atoms. The Balaban J connectivity index is 1.56. The van der Waals surface area contributed by atoms with Gasteiger partial charge in [-0.05, 0) is 48.9 Å². The molecule has 0 radical (unpaired) electrons. The molecule has 0 atom stereocenters. The van der Waals surface area contributed by atoms with Gasteiger partial charge in [0.1, 0.15) is 11.6 Å². The summed E-state index contributed by atoms with van der Waals surface area (Å²) in [6, 6.07) is 21.9. The second-order valence-electron chi connectivity index (χ2n) is 7.85. The molecule has 0 saturated heterocycles. The molecule has 0 aliphatic carbocycles. The van der Waals surface area contributed by atoms with Gasteiger partial charge in [0.15, 0.2) is 11.0 Å². The molecule has 174 valence electrons. The van der Waals surface area contributed by atoms with Crippen molar-refractivity contribution in [2.45, 2.75) is 18.6 Å². The minimum absolute atomic E-state index is 0.0567. The molecule has 0 N–H and O–H groups in total. The van der Waals surface area contributed by atoms with E-state index in [1.807, 2.05) is 55.5 Å². The van der Waals surface area contributed by atoms with Crippen LogP contribution in [0.15, 0.2) is 78.0 Å². The largest absolute Gasteiger partial charge is 0.497 e. The summed E-state index contributed by atoms with van der Waals surface area (Å²) in [5.41, 5.74) is 3.23. The van der Waals surface area contributed by atoms with Gasteiger partial charge in [-0.1, -0.05) is 53.7 Å². The number of benzene rings is 3. The summed E-state index contributed by atoms with van der Waals surface area (Å²) >= 11 is 1.27. The molecule has 0 bridgehead atoms. The lowest BCUT2D eigenvalue weighted by atomic mass is 10.2. The summed E-state index contributed by atoms with van der Waals surface area (Å²) in [6.45, 7) is 2.46. The van der Waals surface area contributed by atoms with E-state index in [0.717, 1.165) is 22.6 Å². The Labute approximate surface area is 202 Å². The highest BCUT2D eigenvalue weighted by Crippen LogP contribution is 2.29. The fourth-order valence-electron chi connectivity index (χ4n) is 3.48. The average Bonchev–Trinajstić information content (AvgIpc) is 3.27. The molecular weight excluding hydrogens is 451 g/mol. The van der Waals surface area contributed by atoms with E-state index in [9.17, 15) is 9.18 Å². The third kappa shape index (κ3) is 5.28. The van der Waals surface area contributed by atoms with Crippen LogP contribution in [-0.2, 0) is 11.3 Å². The van der Waals surface area contributed by atoms with Crippen molar-refractivity contribution >= 4 is 17.7 Å². The number of hydrogen-bond donors (Lipinski definition) is 0. The topological polar surface area (TPSA) is 60.2 Å². The summed E-state index contributed by atoms with van der Waals surface area (Å²) in [5.74, 6) is 0.871. The molecule has 6 nitrogen and oxygen atoms in total. The van der Waals surface area contributed by atoms with Crippen LogP contribution < -0.4 is 4.74 Å². The number of carbonyl (C=O) groups is 1. The Morgan fingerprint density at radius 3 is 2.56 bits per heavy atom. The molecule has 4 rings (SSSR count). The fourth-order valence-corrected chi connectivity index (χ4v) is 4.37. The summed E-state index contributed by atoms with van der Waals surface area (Å²) < 4.78 is 21.6. The van der Waals surface area contributed by atoms with Crippen LogP contribution in [0.1, 0.15) is 11.1 Å². The number of rotatable bonds is 8. The highest BCUT2D eigenvalue weighted by Gasteiger charge is 2.20. The zero-order valence-corrected chi connectivity index (χ0v) is 20.1. The van der Waals surface area contributed by atoms with E-state index in [0.29, 0.717) is 23.1 Å². The van der Waals surface area contributed by atoms with Crippen LogP contribution in [0.25, 0.3) is 17.1 Å². The minimum Gasteiger partial charge on any atom is -0.497 e. The van der Waals surface area contributed by atoms with E-state index in [2.05, 4.69) is 10.2 Å². The van der Waals surface area contributed by atoms with E-state index in [-0.39, 0.29) is 17.5 Å². The van der Waals surface area contributed by atoms with Crippen LogP contribution in [0.5, 0.6) is 5.75 Å². The molecule has 3 aromatic carbocycles. The van der Waals surface area contributed by atoms with Gasteiger partial charge in [0.25, 0.3) is 0 Å². The number of aromatic nitrogens is 3. The van der Waals surface area contributed by atoms with E-state index in [4.69, 9.17) is 4.74 Å². The first-order valence-corrected chi connectivity index (χ1v) is 11.7. The van der Waals surface area contributed by atoms with Gasteiger partial charge in [0, 0.05) is 19.3 Å². The highest BCUT2D eigenvalue weighted by molar-refractivity contribution is 7.99. The Morgan fingerprint density at radius 2 is 1.82 bits per heavy atom. The van der Waals surface area contributed by atoms with Crippen LogP contribution in [0.4, 0.5) is 4.39 Å². The number of carbonyl (C=O) groups excluding carboxylic acids is 1.